The second-order valence-corrected chi connectivity index (χ2v) is 4.51. The van der Waals surface area contributed by atoms with Gasteiger partial charge in [0.05, 0.1) is 0 Å². The van der Waals surface area contributed by atoms with Gasteiger partial charge in [0.25, 0.3) is 5.91 Å². The maximum absolute atomic E-state index is 11.8. The summed E-state index contributed by atoms with van der Waals surface area (Å²) in [4.78, 5) is 35.3. The summed E-state index contributed by atoms with van der Waals surface area (Å²) in [6, 6.07) is 6.00. The molecule has 21 heavy (non-hydrogen) atoms. The monoisotopic (exact) mass is 293 g/mol. The summed E-state index contributed by atoms with van der Waals surface area (Å²) < 4.78 is 0. The van der Waals surface area contributed by atoms with Crippen LogP contribution in [0.2, 0.25) is 0 Å². The lowest BCUT2D eigenvalue weighted by molar-refractivity contribution is -0.135. The Morgan fingerprint density at radius 1 is 1.19 bits per heavy atom. The molecule has 1 aromatic rings. The maximum atomic E-state index is 11.8. The lowest BCUT2D eigenvalue weighted by atomic mass is 10.2. The van der Waals surface area contributed by atoms with E-state index >= 15 is 0 Å². The number of carbonyl (C=O) groups is 3. The van der Waals surface area contributed by atoms with Crippen LogP contribution in [0.1, 0.15) is 23.7 Å². The third kappa shape index (κ3) is 5.52. The second kappa shape index (κ2) is 7.88. The third-order valence-electron chi connectivity index (χ3n) is 2.70. The number of carboxylic acid groups (broad SMARTS) is 1. The number of anilines is 1. The Labute approximate surface area is 122 Å². The molecule has 7 nitrogen and oxygen atoms in total. The molecular weight excluding hydrogens is 274 g/mol. The number of rotatable bonds is 6. The molecule has 0 radical (unpaired) electrons. The molecule has 0 aliphatic heterocycles. The lowest BCUT2D eigenvalue weighted by Crippen LogP contribution is -2.32. The van der Waals surface area contributed by atoms with Gasteiger partial charge in [0.15, 0.2) is 0 Å². The van der Waals surface area contributed by atoms with E-state index in [1.165, 1.54) is 12.1 Å². The van der Waals surface area contributed by atoms with Gasteiger partial charge in [-0.1, -0.05) is 6.92 Å². The number of urea groups is 1. The van der Waals surface area contributed by atoms with Crippen LogP contribution in [0.3, 0.4) is 0 Å². The van der Waals surface area contributed by atoms with Crippen LogP contribution in [0.5, 0.6) is 0 Å². The number of aliphatic carboxylic acids is 1. The molecule has 0 heterocycles. The third-order valence-corrected chi connectivity index (χ3v) is 2.70. The molecule has 1 rings (SSSR count). The Bertz CT molecular complexity index is 513. The molecule has 0 saturated heterocycles. The molecule has 0 bridgehead atoms. The number of nitrogens with one attached hydrogen (secondary N) is 2. The van der Waals surface area contributed by atoms with Gasteiger partial charge in [0.2, 0.25) is 0 Å². The van der Waals surface area contributed by atoms with Crippen molar-refractivity contribution in [3.05, 3.63) is 29.8 Å². The van der Waals surface area contributed by atoms with Crippen LogP contribution in [-0.4, -0.2) is 48.1 Å². The highest BCUT2D eigenvalue weighted by atomic mass is 16.4. The molecule has 7 heteroatoms. The van der Waals surface area contributed by atoms with Crippen molar-refractivity contribution in [3.8, 4) is 0 Å². The van der Waals surface area contributed by atoms with Gasteiger partial charge in [-0.2, -0.15) is 0 Å². The zero-order chi connectivity index (χ0) is 15.8. The summed E-state index contributed by atoms with van der Waals surface area (Å²) in [5.74, 6) is -1.58. The highest BCUT2D eigenvalue weighted by Gasteiger charge is 2.09. The molecule has 0 aliphatic rings. The molecule has 3 amide bonds. The normalized spacial score (nSPS) is 9.81. The van der Waals surface area contributed by atoms with Crippen molar-refractivity contribution < 1.29 is 19.5 Å². The molecule has 3 N–H and O–H groups in total. The lowest BCUT2D eigenvalue weighted by Gasteiger charge is -2.17. The van der Waals surface area contributed by atoms with Crippen molar-refractivity contribution in [1.82, 2.24) is 10.2 Å². The quantitative estimate of drug-likeness (QED) is 0.737. The van der Waals surface area contributed by atoms with Crippen molar-refractivity contribution in [3.63, 3.8) is 0 Å². The smallest absolute Gasteiger partial charge is 0.322 e. The van der Waals surface area contributed by atoms with Crippen molar-refractivity contribution in [2.45, 2.75) is 13.3 Å². The summed E-state index contributed by atoms with van der Waals surface area (Å²) in [6.07, 6.45) is 0.868. The number of benzene rings is 1. The van der Waals surface area contributed by atoms with Crippen molar-refractivity contribution >= 4 is 23.6 Å². The molecule has 0 unspecified atom stereocenters. The van der Waals surface area contributed by atoms with E-state index in [4.69, 9.17) is 5.11 Å². The first-order valence-electron chi connectivity index (χ1n) is 6.56. The second-order valence-electron chi connectivity index (χ2n) is 4.51. The van der Waals surface area contributed by atoms with Crippen LogP contribution >= 0.6 is 0 Å². The van der Waals surface area contributed by atoms with Gasteiger partial charge >= 0.3 is 12.0 Å². The summed E-state index contributed by atoms with van der Waals surface area (Å²) >= 11 is 0. The predicted octanol–water partition coefficient (Wildman–Crippen LogP) is 1.37. The number of nitrogens with zero attached hydrogens (tertiary/aromatic N) is 1. The van der Waals surface area contributed by atoms with E-state index in [1.54, 1.807) is 24.1 Å². The largest absolute Gasteiger partial charge is 0.480 e. The maximum Gasteiger partial charge on any atom is 0.322 e. The SMILES string of the molecule is CCCN(C)C(=O)Nc1ccc(C(=O)NCC(=O)O)cc1. The van der Waals surface area contributed by atoms with Crippen LogP contribution in [0.25, 0.3) is 0 Å². The molecular formula is C14H19N3O4. The number of carboxylic acids is 1. The topological polar surface area (TPSA) is 98.7 Å². The van der Waals surface area contributed by atoms with Crippen LogP contribution in [0.4, 0.5) is 10.5 Å². The Hall–Kier alpha value is -2.57. The van der Waals surface area contributed by atoms with E-state index in [0.29, 0.717) is 17.8 Å². The van der Waals surface area contributed by atoms with Gasteiger partial charge in [-0.25, -0.2) is 4.79 Å². The van der Waals surface area contributed by atoms with Gasteiger partial charge in [-0.15, -0.1) is 0 Å². The summed E-state index contributed by atoms with van der Waals surface area (Å²) in [6.45, 7) is 2.20. The van der Waals surface area contributed by atoms with Gasteiger partial charge in [0, 0.05) is 24.8 Å². The van der Waals surface area contributed by atoms with Crippen LogP contribution in [-0.2, 0) is 4.79 Å². The van der Waals surface area contributed by atoms with E-state index in [1.807, 2.05) is 6.92 Å². The van der Waals surface area contributed by atoms with E-state index in [9.17, 15) is 14.4 Å². The van der Waals surface area contributed by atoms with E-state index in [2.05, 4.69) is 10.6 Å². The minimum atomic E-state index is -1.11. The fraction of sp³-hybridized carbons (Fsp3) is 0.357. The van der Waals surface area contributed by atoms with Gasteiger partial charge in [-0.05, 0) is 30.7 Å². The Balaban J connectivity index is 2.59. The van der Waals surface area contributed by atoms with Gasteiger partial charge in [-0.3, -0.25) is 9.59 Å². The first kappa shape index (κ1) is 16.5. The number of hydrogen-bond donors (Lipinski definition) is 3. The van der Waals surface area contributed by atoms with Crippen molar-refractivity contribution in [2.75, 3.05) is 25.5 Å². The fourth-order valence-corrected chi connectivity index (χ4v) is 1.62. The molecule has 0 aromatic heterocycles. The Morgan fingerprint density at radius 2 is 1.81 bits per heavy atom. The molecule has 0 atom stereocenters. The summed E-state index contributed by atoms with van der Waals surface area (Å²) in [5, 5.41) is 13.4. The van der Waals surface area contributed by atoms with Crippen LogP contribution < -0.4 is 10.6 Å². The molecule has 0 fully saturated rings. The predicted molar refractivity (Wildman–Crippen MR) is 78.4 cm³/mol. The Kier molecular flexibility index (Phi) is 6.19. The highest BCUT2D eigenvalue weighted by molar-refractivity contribution is 5.96. The summed E-state index contributed by atoms with van der Waals surface area (Å²) in [7, 11) is 1.70. The first-order chi connectivity index (χ1) is 9.93. The van der Waals surface area contributed by atoms with Crippen LogP contribution in [0, 0.1) is 0 Å². The average molecular weight is 293 g/mol. The molecule has 1 aromatic carbocycles. The van der Waals surface area contributed by atoms with E-state index in [0.717, 1.165) is 6.42 Å². The summed E-state index contributed by atoms with van der Waals surface area (Å²) in [5.41, 5.74) is 0.897. The molecule has 0 aliphatic carbocycles. The Morgan fingerprint density at radius 3 is 2.33 bits per heavy atom. The minimum absolute atomic E-state index is 0.222. The van der Waals surface area contributed by atoms with E-state index in [-0.39, 0.29) is 6.03 Å². The standard InChI is InChI=1S/C14H19N3O4/c1-3-8-17(2)14(21)16-11-6-4-10(5-7-11)13(20)15-9-12(18)19/h4-7H,3,8-9H2,1-2H3,(H,15,20)(H,16,21)(H,18,19). The molecule has 114 valence electrons. The molecule has 0 spiro atoms. The highest BCUT2D eigenvalue weighted by Crippen LogP contribution is 2.10. The van der Waals surface area contributed by atoms with Gasteiger partial charge < -0.3 is 20.6 Å². The number of carbonyl (C=O) groups excluding carboxylic acids is 2. The first-order valence-corrected chi connectivity index (χ1v) is 6.56. The minimum Gasteiger partial charge on any atom is -0.480 e. The van der Waals surface area contributed by atoms with Crippen molar-refractivity contribution in [2.24, 2.45) is 0 Å². The van der Waals surface area contributed by atoms with E-state index < -0.39 is 18.4 Å². The van der Waals surface area contributed by atoms with Gasteiger partial charge in [0.1, 0.15) is 6.54 Å². The van der Waals surface area contributed by atoms with Crippen LogP contribution in [0.15, 0.2) is 24.3 Å². The zero-order valence-corrected chi connectivity index (χ0v) is 12.0. The number of hydrogen-bond acceptors (Lipinski definition) is 3. The fourth-order valence-electron chi connectivity index (χ4n) is 1.62. The molecule has 0 saturated carbocycles. The average Bonchev–Trinajstić information content (AvgIpc) is 2.45. The zero-order valence-electron chi connectivity index (χ0n) is 12.0. The number of amides is 3. The van der Waals surface area contributed by atoms with Crippen molar-refractivity contribution in [1.29, 1.82) is 0 Å².